The first-order chi connectivity index (χ1) is 12.8. The molecule has 0 aliphatic rings. The Bertz CT molecular complexity index is 782. The van der Waals surface area contributed by atoms with Crippen LogP contribution >= 0.6 is 0 Å². The molecule has 2 aromatic rings. The standard InChI is InChI=1S/C17H23NO.C4H4O4/c1-13(2)18(3)12-11-16-15-8-6-5-7-14(15)9-10-17(16)19-4;5-3(6)1-2-4(7)8/h5-10,13H,11-12H2,1-4H3;1-2H,(H,5,6)(H,7,8)/b;2-1+. The summed E-state index contributed by atoms with van der Waals surface area (Å²) in [5, 5.41) is 18.2. The molecule has 0 unspecified atom stereocenters. The molecule has 0 saturated heterocycles. The summed E-state index contributed by atoms with van der Waals surface area (Å²) in [6.45, 7) is 5.49. The van der Waals surface area contributed by atoms with E-state index in [-0.39, 0.29) is 0 Å². The highest BCUT2D eigenvalue weighted by Crippen LogP contribution is 2.28. The van der Waals surface area contributed by atoms with Gasteiger partial charge in [0.25, 0.3) is 0 Å². The van der Waals surface area contributed by atoms with E-state index >= 15 is 0 Å². The maximum atomic E-state index is 9.55. The van der Waals surface area contributed by atoms with Gasteiger partial charge in [-0.15, -0.1) is 0 Å². The maximum Gasteiger partial charge on any atom is 0.328 e. The third-order valence-corrected chi connectivity index (χ3v) is 4.18. The van der Waals surface area contributed by atoms with Crippen LogP contribution in [0, 0.1) is 0 Å². The summed E-state index contributed by atoms with van der Waals surface area (Å²) in [5.41, 5.74) is 1.31. The molecule has 0 aliphatic carbocycles. The molecule has 0 bridgehead atoms. The number of ether oxygens (including phenoxy) is 1. The zero-order chi connectivity index (χ0) is 20.4. The van der Waals surface area contributed by atoms with Crippen LogP contribution in [0.4, 0.5) is 0 Å². The van der Waals surface area contributed by atoms with Gasteiger partial charge in [-0.1, -0.05) is 30.3 Å². The number of carbonyl (C=O) groups is 2. The van der Waals surface area contributed by atoms with E-state index in [1.165, 1.54) is 16.3 Å². The fraction of sp³-hybridized carbons (Fsp3) is 0.333. The molecule has 0 fully saturated rings. The van der Waals surface area contributed by atoms with Crippen molar-refractivity contribution in [1.29, 1.82) is 0 Å². The summed E-state index contributed by atoms with van der Waals surface area (Å²) in [6, 6.07) is 13.3. The Morgan fingerprint density at radius 2 is 1.67 bits per heavy atom. The highest BCUT2D eigenvalue weighted by Gasteiger charge is 2.10. The van der Waals surface area contributed by atoms with Crippen LogP contribution in [0.15, 0.2) is 48.6 Å². The van der Waals surface area contributed by atoms with Crippen LogP contribution in [0.2, 0.25) is 0 Å². The second-order valence-electron chi connectivity index (χ2n) is 6.30. The van der Waals surface area contributed by atoms with Gasteiger partial charge in [0.05, 0.1) is 7.11 Å². The molecule has 6 heteroatoms. The SMILES string of the molecule is COc1ccc2ccccc2c1CCN(C)C(C)C.O=C(O)/C=C/C(=O)O. The average Bonchev–Trinajstić information content (AvgIpc) is 2.64. The molecule has 0 atom stereocenters. The first-order valence-electron chi connectivity index (χ1n) is 8.65. The van der Waals surface area contributed by atoms with Crippen molar-refractivity contribution in [2.75, 3.05) is 20.7 Å². The summed E-state index contributed by atoms with van der Waals surface area (Å²) in [5.74, 6) is -1.52. The number of benzene rings is 2. The van der Waals surface area contributed by atoms with E-state index < -0.39 is 11.9 Å². The lowest BCUT2D eigenvalue weighted by atomic mass is 10.0. The minimum atomic E-state index is -1.26. The van der Waals surface area contributed by atoms with E-state index in [9.17, 15) is 9.59 Å². The third-order valence-electron chi connectivity index (χ3n) is 4.18. The Kier molecular flexibility index (Phi) is 9.02. The molecule has 27 heavy (non-hydrogen) atoms. The largest absolute Gasteiger partial charge is 0.496 e. The van der Waals surface area contributed by atoms with Gasteiger partial charge in [0.1, 0.15) is 5.75 Å². The molecule has 2 N–H and O–H groups in total. The number of hydrogen-bond acceptors (Lipinski definition) is 4. The van der Waals surface area contributed by atoms with Crippen molar-refractivity contribution in [2.45, 2.75) is 26.3 Å². The number of carboxylic acid groups (broad SMARTS) is 2. The van der Waals surface area contributed by atoms with Crippen LogP contribution in [-0.4, -0.2) is 53.8 Å². The van der Waals surface area contributed by atoms with Gasteiger partial charge < -0.3 is 19.8 Å². The Morgan fingerprint density at radius 1 is 1.07 bits per heavy atom. The van der Waals surface area contributed by atoms with Crippen molar-refractivity contribution < 1.29 is 24.5 Å². The summed E-state index contributed by atoms with van der Waals surface area (Å²) >= 11 is 0. The number of fused-ring (bicyclic) bond motifs is 1. The van der Waals surface area contributed by atoms with Gasteiger partial charge in [-0.2, -0.15) is 0 Å². The molecular weight excluding hydrogens is 346 g/mol. The van der Waals surface area contributed by atoms with Gasteiger partial charge in [0, 0.05) is 30.3 Å². The second-order valence-corrected chi connectivity index (χ2v) is 6.30. The number of aliphatic carboxylic acids is 2. The van der Waals surface area contributed by atoms with Crippen molar-refractivity contribution in [3.05, 3.63) is 54.1 Å². The van der Waals surface area contributed by atoms with Gasteiger partial charge in [-0.25, -0.2) is 9.59 Å². The smallest absolute Gasteiger partial charge is 0.328 e. The van der Waals surface area contributed by atoms with Crippen molar-refractivity contribution in [3.8, 4) is 5.75 Å². The lowest BCUT2D eigenvalue weighted by molar-refractivity contribution is -0.134. The first kappa shape index (κ1) is 22.2. The zero-order valence-electron chi connectivity index (χ0n) is 16.2. The molecule has 0 amide bonds. The minimum absolute atomic E-state index is 0.558. The predicted octanol–water partition coefficient (Wildman–Crippen LogP) is 3.44. The number of nitrogens with zero attached hydrogens (tertiary/aromatic N) is 1. The summed E-state index contributed by atoms with van der Waals surface area (Å²) in [7, 11) is 3.92. The average molecular weight is 373 g/mol. The summed E-state index contributed by atoms with van der Waals surface area (Å²) in [6.07, 6.45) is 2.13. The Balaban J connectivity index is 0.000000387. The van der Waals surface area contributed by atoms with Gasteiger partial charge in [0.15, 0.2) is 0 Å². The van der Waals surface area contributed by atoms with Crippen LogP contribution in [-0.2, 0) is 16.0 Å². The normalized spacial score (nSPS) is 10.9. The third kappa shape index (κ3) is 7.50. The first-order valence-corrected chi connectivity index (χ1v) is 8.65. The van der Waals surface area contributed by atoms with Gasteiger partial charge in [-0.3, -0.25) is 0 Å². The fourth-order valence-electron chi connectivity index (χ4n) is 2.45. The van der Waals surface area contributed by atoms with Crippen LogP contribution < -0.4 is 4.74 Å². The molecule has 0 saturated carbocycles. The van der Waals surface area contributed by atoms with Crippen molar-refractivity contribution >= 4 is 22.7 Å². The fourth-order valence-corrected chi connectivity index (χ4v) is 2.45. The number of hydrogen-bond donors (Lipinski definition) is 2. The highest BCUT2D eigenvalue weighted by molar-refractivity contribution is 5.89. The molecule has 0 aliphatic heterocycles. The van der Waals surface area contributed by atoms with Crippen molar-refractivity contribution in [1.82, 2.24) is 4.90 Å². The summed E-state index contributed by atoms with van der Waals surface area (Å²) < 4.78 is 5.53. The van der Waals surface area contributed by atoms with E-state index in [0.29, 0.717) is 18.2 Å². The minimum Gasteiger partial charge on any atom is -0.496 e. The van der Waals surface area contributed by atoms with E-state index in [4.69, 9.17) is 14.9 Å². The number of likely N-dealkylation sites (N-methyl/N-ethyl adjacent to an activating group) is 1. The predicted molar refractivity (Wildman–Crippen MR) is 106 cm³/mol. The van der Waals surface area contributed by atoms with Crippen LogP contribution in [0.25, 0.3) is 10.8 Å². The van der Waals surface area contributed by atoms with E-state index in [0.717, 1.165) is 18.7 Å². The Hall–Kier alpha value is -2.86. The molecular formula is C21H27NO5. The molecule has 2 aromatic carbocycles. The lowest BCUT2D eigenvalue weighted by Gasteiger charge is -2.22. The zero-order valence-corrected chi connectivity index (χ0v) is 16.2. The van der Waals surface area contributed by atoms with Crippen LogP contribution in [0.5, 0.6) is 5.75 Å². The van der Waals surface area contributed by atoms with Gasteiger partial charge >= 0.3 is 11.9 Å². The quantitative estimate of drug-likeness (QED) is 0.723. The number of carboxylic acids is 2. The second kappa shape index (κ2) is 11.0. The van der Waals surface area contributed by atoms with Crippen LogP contribution in [0.3, 0.4) is 0 Å². The van der Waals surface area contributed by atoms with Crippen molar-refractivity contribution in [2.24, 2.45) is 0 Å². The molecule has 0 aromatic heterocycles. The molecule has 2 rings (SSSR count). The van der Waals surface area contributed by atoms with Crippen LogP contribution in [0.1, 0.15) is 19.4 Å². The Morgan fingerprint density at radius 3 is 2.19 bits per heavy atom. The van der Waals surface area contributed by atoms with E-state index in [1.54, 1.807) is 7.11 Å². The topological polar surface area (TPSA) is 87.1 Å². The lowest BCUT2D eigenvalue weighted by Crippen LogP contribution is -2.28. The number of methoxy groups -OCH3 is 1. The Labute approximate surface area is 159 Å². The molecule has 0 heterocycles. The van der Waals surface area contributed by atoms with Crippen molar-refractivity contribution in [3.63, 3.8) is 0 Å². The summed E-state index contributed by atoms with van der Waals surface area (Å²) in [4.78, 5) is 21.5. The molecule has 6 nitrogen and oxygen atoms in total. The van der Waals surface area contributed by atoms with E-state index in [2.05, 4.69) is 62.2 Å². The van der Waals surface area contributed by atoms with E-state index in [1.807, 2.05) is 0 Å². The maximum absolute atomic E-state index is 9.55. The van der Waals surface area contributed by atoms with Gasteiger partial charge in [0.2, 0.25) is 0 Å². The monoisotopic (exact) mass is 373 g/mol. The molecule has 146 valence electrons. The highest BCUT2D eigenvalue weighted by atomic mass is 16.5. The van der Waals surface area contributed by atoms with Gasteiger partial charge in [-0.05, 0) is 44.2 Å². The molecule has 0 radical (unpaired) electrons. The number of rotatable bonds is 7. The molecule has 0 spiro atoms.